The van der Waals surface area contributed by atoms with Gasteiger partial charge in [-0.15, -0.1) is 0 Å². The van der Waals surface area contributed by atoms with E-state index in [0.29, 0.717) is 12.3 Å². The number of nitrogens with one attached hydrogen (secondary N) is 2. The van der Waals surface area contributed by atoms with Gasteiger partial charge >= 0.3 is 6.09 Å². The second kappa shape index (κ2) is 5.94. The number of hydrogen-bond donors (Lipinski definition) is 3. The fourth-order valence-electron chi connectivity index (χ4n) is 2.11. The zero-order valence-electron chi connectivity index (χ0n) is 11.7. The van der Waals surface area contributed by atoms with Gasteiger partial charge < -0.3 is 15.8 Å². The fourth-order valence-corrected chi connectivity index (χ4v) is 2.11. The molecular formula is C15H21N3O2. The molecular weight excluding hydrogens is 254 g/mol. The van der Waals surface area contributed by atoms with Gasteiger partial charge in [0, 0.05) is 0 Å². The Hall–Kier alpha value is -2.04. The quantitative estimate of drug-likeness (QED) is 0.550. The second-order valence-electron chi connectivity index (χ2n) is 5.58. The van der Waals surface area contributed by atoms with Crippen molar-refractivity contribution in [3.05, 3.63) is 35.9 Å². The lowest BCUT2D eigenvalue weighted by Crippen LogP contribution is -2.55. The largest absolute Gasteiger partial charge is 0.445 e. The molecule has 0 heterocycles. The summed E-state index contributed by atoms with van der Waals surface area (Å²) in [4.78, 5) is 11.9. The summed E-state index contributed by atoms with van der Waals surface area (Å²) in [6.07, 6.45) is 2.45. The number of amides is 1. The van der Waals surface area contributed by atoms with Crippen molar-refractivity contribution in [3.63, 3.8) is 0 Å². The Morgan fingerprint density at radius 1 is 1.45 bits per heavy atom. The van der Waals surface area contributed by atoms with Gasteiger partial charge in [0.05, 0.1) is 5.54 Å². The molecule has 1 aliphatic carbocycles. The van der Waals surface area contributed by atoms with Crippen LogP contribution in [0, 0.1) is 11.3 Å². The molecule has 1 fully saturated rings. The highest BCUT2D eigenvalue weighted by atomic mass is 16.5. The summed E-state index contributed by atoms with van der Waals surface area (Å²) in [6, 6.07) is 9.47. The minimum Gasteiger partial charge on any atom is -0.445 e. The molecule has 0 spiro atoms. The molecule has 1 aliphatic rings. The Kier molecular flexibility index (Phi) is 4.27. The first-order chi connectivity index (χ1) is 9.49. The molecule has 2 rings (SSSR count). The lowest BCUT2D eigenvalue weighted by atomic mass is 9.94. The minimum atomic E-state index is -0.811. The van der Waals surface area contributed by atoms with Crippen LogP contribution < -0.4 is 11.1 Å². The van der Waals surface area contributed by atoms with Gasteiger partial charge in [-0.05, 0) is 24.8 Å². The molecule has 1 aromatic rings. The maximum absolute atomic E-state index is 11.9. The average molecular weight is 275 g/mol. The molecule has 5 heteroatoms. The molecule has 5 nitrogen and oxygen atoms in total. The van der Waals surface area contributed by atoms with Crippen molar-refractivity contribution in [2.75, 3.05) is 0 Å². The highest BCUT2D eigenvalue weighted by Gasteiger charge is 2.37. The first-order valence-electron chi connectivity index (χ1n) is 6.83. The van der Waals surface area contributed by atoms with E-state index in [1.165, 1.54) is 0 Å². The number of benzene rings is 1. The maximum Gasteiger partial charge on any atom is 0.408 e. The first-order valence-corrected chi connectivity index (χ1v) is 6.83. The van der Waals surface area contributed by atoms with Gasteiger partial charge in [0.1, 0.15) is 12.4 Å². The monoisotopic (exact) mass is 275 g/mol. The standard InChI is InChI=1S/C15H21N3O2/c1-15(13(16)17,9-11-7-8-11)18-14(19)20-10-12-5-3-2-4-6-12/h2-6,11H,7-10H2,1H3,(H3,16,17)(H,18,19). The summed E-state index contributed by atoms with van der Waals surface area (Å²) in [5.74, 6) is 0.527. The molecule has 0 saturated heterocycles. The van der Waals surface area contributed by atoms with Crippen LogP contribution in [-0.4, -0.2) is 17.5 Å². The van der Waals surface area contributed by atoms with Crippen LogP contribution in [0.15, 0.2) is 30.3 Å². The third kappa shape index (κ3) is 3.98. The molecule has 108 valence electrons. The van der Waals surface area contributed by atoms with E-state index >= 15 is 0 Å². The zero-order valence-corrected chi connectivity index (χ0v) is 11.7. The molecule has 20 heavy (non-hydrogen) atoms. The van der Waals surface area contributed by atoms with Crippen molar-refractivity contribution in [1.82, 2.24) is 5.32 Å². The third-order valence-electron chi connectivity index (χ3n) is 3.58. The summed E-state index contributed by atoms with van der Waals surface area (Å²) in [6.45, 7) is 1.99. The summed E-state index contributed by atoms with van der Waals surface area (Å²) < 4.78 is 5.17. The number of rotatable bonds is 6. The van der Waals surface area contributed by atoms with E-state index in [1.54, 1.807) is 6.92 Å². The van der Waals surface area contributed by atoms with Gasteiger partial charge in [0.2, 0.25) is 0 Å². The molecule has 1 unspecified atom stereocenters. The van der Waals surface area contributed by atoms with Crippen LogP contribution in [0.1, 0.15) is 31.7 Å². The summed E-state index contributed by atoms with van der Waals surface area (Å²) in [7, 11) is 0. The Balaban J connectivity index is 1.86. The molecule has 4 N–H and O–H groups in total. The van der Waals surface area contributed by atoms with Crippen LogP contribution in [-0.2, 0) is 11.3 Å². The molecule has 0 radical (unpaired) electrons. The highest BCUT2D eigenvalue weighted by molar-refractivity contribution is 5.90. The van der Waals surface area contributed by atoms with Gasteiger partial charge in [0.25, 0.3) is 0 Å². The smallest absolute Gasteiger partial charge is 0.408 e. The minimum absolute atomic E-state index is 0.0268. The van der Waals surface area contributed by atoms with Crippen molar-refractivity contribution in [3.8, 4) is 0 Å². The number of nitrogens with two attached hydrogens (primary N) is 1. The van der Waals surface area contributed by atoms with Crippen LogP contribution in [0.2, 0.25) is 0 Å². The lowest BCUT2D eigenvalue weighted by molar-refractivity contribution is 0.132. The van der Waals surface area contributed by atoms with Crippen LogP contribution in [0.25, 0.3) is 0 Å². The van der Waals surface area contributed by atoms with E-state index in [-0.39, 0.29) is 12.4 Å². The normalized spacial score (nSPS) is 17.1. The number of alkyl carbamates (subject to hydrolysis) is 1. The van der Waals surface area contributed by atoms with Crippen LogP contribution in [0.5, 0.6) is 0 Å². The van der Waals surface area contributed by atoms with Gasteiger partial charge in [-0.3, -0.25) is 5.41 Å². The number of carbonyl (C=O) groups excluding carboxylic acids is 1. The van der Waals surface area contributed by atoms with Crippen molar-refractivity contribution in [1.29, 1.82) is 5.41 Å². The number of amidine groups is 1. The lowest BCUT2D eigenvalue weighted by Gasteiger charge is -2.29. The predicted molar refractivity (Wildman–Crippen MR) is 77.4 cm³/mol. The van der Waals surface area contributed by atoms with Crippen molar-refractivity contribution in [2.24, 2.45) is 11.7 Å². The summed E-state index contributed by atoms with van der Waals surface area (Å²) in [5.41, 5.74) is 5.73. The Morgan fingerprint density at radius 3 is 2.65 bits per heavy atom. The van der Waals surface area contributed by atoms with E-state index < -0.39 is 11.6 Å². The molecule has 1 saturated carbocycles. The average Bonchev–Trinajstić information content (AvgIpc) is 3.21. The predicted octanol–water partition coefficient (Wildman–Crippen LogP) is 2.41. The van der Waals surface area contributed by atoms with Crippen molar-refractivity contribution < 1.29 is 9.53 Å². The van der Waals surface area contributed by atoms with E-state index in [0.717, 1.165) is 18.4 Å². The Labute approximate surface area is 119 Å². The maximum atomic E-state index is 11.9. The molecule has 1 amide bonds. The number of carbonyl (C=O) groups is 1. The first kappa shape index (κ1) is 14.4. The molecule has 0 aliphatic heterocycles. The second-order valence-corrected chi connectivity index (χ2v) is 5.58. The Morgan fingerprint density at radius 2 is 2.10 bits per heavy atom. The summed E-state index contributed by atoms with van der Waals surface area (Å²) >= 11 is 0. The van der Waals surface area contributed by atoms with Gasteiger partial charge in [-0.25, -0.2) is 4.79 Å². The Bertz CT molecular complexity index is 485. The molecule has 0 bridgehead atoms. The van der Waals surface area contributed by atoms with Crippen molar-refractivity contribution >= 4 is 11.9 Å². The van der Waals surface area contributed by atoms with Crippen LogP contribution in [0.3, 0.4) is 0 Å². The topological polar surface area (TPSA) is 88.2 Å². The van der Waals surface area contributed by atoms with E-state index in [2.05, 4.69) is 5.32 Å². The van der Waals surface area contributed by atoms with Gasteiger partial charge in [-0.2, -0.15) is 0 Å². The summed E-state index contributed by atoms with van der Waals surface area (Å²) in [5, 5.41) is 10.4. The third-order valence-corrected chi connectivity index (χ3v) is 3.58. The molecule has 1 atom stereocenters. The number of ether oxygens (including phenoxy) is 1. The van der Waals surface area contributed by atoms with Crippen molar-refractivity contribution in [2.45, 2.75) is 38.3 Å². The molecule has 1 aromatic carbocycles. The zero-order chi connectivity index (χ0) is 14.6. The van der Waals surface area contributed by atoms with Crippen LogP contribution >= 0.6 is 0 Å². The SMILES string of the molecule is CC(CC1CC1)(NC(=O)OCc1ccccc1)C(=N)N. The van der Waals surface area contributed by atoms with Crippen LogP contribution in [0.4, 0.5) is 4.79 Å². The van der Waals surface area contributed by atoms with Gasteiger partial charge in [-0.1, -0.05) is 43.2 Å². The van der Waals surface area contributed by atoms with E-state index in [4.69, 9.17) is 15.9 Å². The number of hydrogen-bond acceptors (Lipinski definition) is 3. The van der Waals surface area contributed by atoms with Gasteiger partial charge in [0.15, 0.2) is 0 Å². The highest BCUT2D eigenvalue weighted by Crippen LogP contribution is 2.36. The molecule has 0 aromatic heterocycles. The van der Waals surface area contributed by atoms with E-state index in [9.17, 15) is 4.79 Å². The van der Waals surface area contributed by atoms with E-state index in [1.807, 2.05) is 30.3 Å². The fraction of sp³-hybridized carbons (Fsp3) is 0.467.